The highest BCUT2D eigenvalue weighted by molar-refractivity contribution is 9.10. The molecule has 2 amide bonds. The molecule has 0 fully saturated rings. The number of pyridine rings is 1. The van der Waals surface area contributed by atoms with Gasteiger partial charge in [0.15, 0.2) is 0 Å². The molecule has 0 bridgehead atoms. The Kier molecular flexibility index (Phi) is 5.32. The molecule has 20 heavy (non-hydrogen) atoms. The van der Waals surface area contributed by atoms with Gasteiger partial charge in [-0.2, -0.15) is 0 Å². The van der Waals surface area contributed by atoms with Gasteiger partial charge in [-0.3, -0.25) is 4.98 Å². The predicted octanol–water partition coefficient (Wildman–Crippen LogP) is 3.31. The first-order valence-electron chi connectivity index (χ1n) is 6.10. The summed E-state index contributed by atoms with van der Waals surface area (Å²) in [5, 5.41) is 5.42. The van der Waals surface area contributed by atoms with Crippen LogP contribution in [0.3, 0.4) is 0 Å². The number of carbonyl (C=O) groups is 1. The van der Waals surface area contributed by atoms with Gasteiger partial charge in [0.05, 0.1) is 0 Å². The summed E-state index contributed by atoms with van der Waals surface area (Å²) in [5.74, 6) is 0. The Labute approximate surface area is 126 Å². The molecular formula is C15H14BrN3O. The zero-order valence-corrected chi connectivity index (χ0v) is 12.3. The van der Waals surface area contributed by atoms with Crippen molar-refractivity contribution < 1.29 is 4.79 Å². The maximum absolute atomic E-state index is 11.6. The molecule has 1 aromatic heterocycles. The summed E-state index contributed by atoms with van der Waals surface area (Å²) in [5.41, 5.74) is 2.01. The Hall–Kier alpha value is -2.14. The molecule has 1 aromatic carbocycles. The van der Waals surface area contributed by atoms with Gasteiger partial charge in [0.25, 0.3) is 0 Å². The summed E-state index contributed by atoms with van der Waals surface area (Å²) in [6, 6.07) is 11.3. The quantitative estimate of drug-likeness (QED) is 0.902. The van der Waals surface area contributed by atoms with Crippen LogP contribution < -0.4 is 10.6 Å². The minimum Gasteiger partial charge on any atom is -0.334 e. The van der Waals surface area contributed by atoms with Crippen LogP contribution in [-0.4, -0.2) is 11.0 Å². The average Bonchev–Trinajstić information content (AvgIpc) is 2.48. The van der Waals surface area contributed by atoms with E-state index >= 15 is 0 Å². The molecule has 5 heteroatoms. The predicted molar refractivity (Wildman–Crippen MR) is 82.8 cm³/mol. The minimum atomic E-state index is -0.245. The Morgan fingerprint density at radius 3 is 2.70 bits per heavy atom. The molecule has 0 saturated carbocycles. The molecule has 0 radical (unpaired) electrons. The highest BCUT2D eigenvalue weighted by Gasteiger charge is 1.98. The van der Waals surface area contributed by atoms with Crippen LogP contribution in [0.2, 0.25) is 0 Å². The first-order valence-corrected chi connectivity index (χ1v) is 6.89. The van der Waals surface area contributed by atoms with Crippen LogP contribution in [0.1, 0.15) is 11.1 Å². The van der Waals surface area contributed by atoms with Crippen LogP contribution in [0.25, 0.3) is 6.08 Å². The normalized spacial score (nSPS) is 10.4. The lowest BCUT2D eigenvalue weighted by Crippen LogP contribution is -2.31. The molecule has 102 valence electrons. The monoisotopic (exact) mass is 331 g/mol. The van der Waals surface area contributed by atoms with Crippen molar-refractivity contribution in [2.75, 3.05) is 0 Å². The number of hydrogen-bond acceptors (Lipinski definition) is 2. The van der Waals surface area contributed by atoms with Gasteiger partial charge in [-0.15, -0.1) is 0 Å². The van der Waals surface area contributed by atoms with Gasteiger partial charge in [0.2, 0.25) is 0 Å². The molecule has 1 heterocycles. The Morgan fingerprint density at radius 1 is 1.20 bits per heavy atom. The van der Waals surface area contributed by atoms with Gasteiger partial charge in [0.1, 0.15) is 0 Å². The van der Waals surface area contributed by atoms with Gasteiger partial charge in [-0.1, -0.05) is 34.1 Å². The number of rotatable bonds is 4. The van der Waals surface area contributed by atoms with E-state index < -0.39 is 0 Å². The molecule has 0 unspecified atom stereocenters. The Balaban J connectivity index is 1.79. The van der Waals surface area contributed by atoms with E-state index in [0.717, 1.165) is 15.6 Å². The number of nitrogens with one attached hydrogen (secondary N) is 2. The molecule has 2 N–H and O–H groups in total. The molecular weight excluding hydrogens is 318 g/mol. The molecule has 4 nitrogen and oxygen atoms in total. The van der Waals surface area contributed by atoms with E-state index in [0.29, 0.717) is 6.54 Å². The van der Waals surface area contributed by atoms with Crippen LogP contribution >= 0.6 is 15.9 Å². The van der Waals surface area contributed by atoms with Crippen LogP contribution in [0.4, 0.5) is 4.79 Å². The smallest absolute Gasteiger partial charge is 0.319 e. The summed E-state index contributed by atoms with van der Waals surface area (Å²) in [6.07, 6.45) is 6.83. The number of amides is 2. The topological polar surface area (TPSA) is 54.0 Å². The largest absolute Gasteiger partial charge is 0.334 e. The third kappa shape index (κ3) is 4.51. The van der Waals surface area contributed by atoms with Crippen LogP contribution in [0, 0.1) is 0 Å². The van der Waals surface area contributed by atoms with Crippen LogP contribution in [0.15, 0.2) is 59.5 Å². The SMILES string of the molecule is O=C(N/C=C/c1ccccc1Br)NCc1ccncc1. The van der Waals surface area contributed by atoms with Crippen molar-refractivity contribution in [2.45, 2.75) is 6.54 Å². The second-order valence-corrected chi connectivity index (χ2v) is 4.89. The number of halogens is 1. The highest BCUT2D eigenvalue weighted by atomic mass is 79.9. The molecule has 0 aliphatic rings. The van der Waals surface area contributed by atoms with E-state index in [-0.39, 0.29) is 6.03 Å². The second kappa shape index (κ2) is 7.45. The van der Waals surface area contributed by atoms with Crippen LogP contribution in [-0.2, 0) is 6.54 Å². The average molecular weight is 332 g/mol. The Bertz CT molecular complexity index is 599. The number of carbonyl (C=O) groups excluding carboxylic acids is 1. The molecule has 2 rings (SSSR count). The first kappa shape index (κ1) is 14.3. The van der Waals surface area contributed by atoms with Crippen LogP contribution in [0.5, 0.6) is 0 Å². The van der Waals surface area contributed by atoms with Crippen molar-refractivity contribution in [3.05, 3.63) is 70.6 Å². The van der Waals surface area contributed by atoms with Gasteiger partial charge >= 0.3 is 6.03 Å². The van der Waals surface area contributed by atoms with Gasteiger partial charge in [-0.05, 0) is 35.4 Å². The number of hydrogen-bond donors (Lipinski definition) is 2. The fourth-order valence-electron chi connectivity index (χ4n) is 1.55. The minimum absolute atomic E-state index is 0.245. The maximum Gasteiger partial charge on any atom is 0.319 e. The molecule has 2 aromatic rings. The third-order valence-electron chi connectivity index (χ3n) is 2.58. The van der Waals surface area contributed by atoms with E-state index in [9.17, 15) is 4.79 Å². The van der Waals surface area contributed by atoms with Crippen molar-refractivity contribution in [1.29, 1.82) is 0 Å². The fourth-order valence-corrected chi connectivity index (χ4v) is 1.97. The zero-order valence-electron chi connectivity index (χ0n) is 10.7. The molecule has 0 atom stereocenters. The van der Waals surface area contributed by atoms with Crippen molar-refractivity contribution in [3.63, 3.8) is 0 Å². The van der Waals surface area contributed by atoms with E-state index in [1.807, 2.05) is 42.5 Å². The lowest BCUT2D eigenvalue weighted by molar-refractivity contribution is 0.244. The van der Waals surface area contributed by atoms with Crippen molar-refractivity contribution in [2.24, 2.45) is 0 Å². The Morgan fingerprint density at radius 2 is 1.95 bits per heavy atom. The lowest BCUT2D eigenvalue weighted by atomic mass is 10.2. The number of aromatic nitrogens is 1. The summed E-state index contributed by atoms with van der Waals surface area (Å²) in [7, 11) is 0. The molecule has 0 aliphatic heterocycles. The summed E-state index contributed by atoms with van der Waals surface area (Å²) in [4.78, 5) is 15.5. The number of benzene rings is 1. The highest BCUT2D eigenvalue weighted by Crippen LogP contribution is 2.16. The standard InChI is InChI=1S/C15H14BrN3O/c16-14-4-2-1-3-13(14)7-10-18-15(20)19-11-12-5-8-17-9-6-12/h1-10H,11H2,(H2,18,19,20)/b10-7+. The first-order chi connectivity index (χ1) is 9.75. The van der Waals surface area contributed by atoms with Crippen molar-refractivity contribution in [3.8, 4) is 0 Å². The third-order valence-corrected chi connectivity index (χ3v) is 3.31. The second-order valence-electron chi connectivity index (χ2n) is 4.04. The molecule has 0 saturated heterocycles. The van der Waals surface area contributed by atoms with Gasteiger partial charge in [0, 0.05) is 29.6 Å². The van der Waals surface area contributed by atoms with E-state index in [1.165, 1.54) is 0 Å². The lowest BCUT2D eigenvalue weighted by Gasteiger charge is -2.04. The maximum atomic E-state index is 11.6. The molecule has 0 spiro atoms. The summed E-state index contributed by atoms with van der Waals surface area (Å²) in [6.45, 7) is 0.469. The van der Waals surface area contributed by atoms with Gasteiger partial charge in [-0.25, -0.2) is 4.79 Å². The summed E-state index contributed by atoms with van der Waals surface area (Å²) < 4.78 is 0.982. The van der Waals surface area contributed by atoms with E-state index in [1.54, 1.807) is 18.6 Å². The number of nitrogens with zero attached hydrogens (tertiary/aromatic N) is 1. The van der Waals surface area contributed by atoms with E-state index in [4.69, 9.17) is 0 Å². The fraction of sp³-hybridized carbons (Fsp3) is 0.0667. The van der Waals surface area contributed by atoms with E-state index in [2.05, 4.69) is 31.5 Å². The van der Waals surface area contributed by atoms with Crippen molar-refractivity contribution in [1.82, 2.24) is 15.6 Å². The van der Waals surface area contributed by atoms with Crippen molar-refractivity contribution >= 4 is 28.0 Å². The number of urea groups is 1. The molecule has 0 aliphatic carbocycles. The zero-order chi connectivity index (χ0) is 14.2. The van der Waals surface area contributed by atoms with Gasteiger partial charge < -0.3 is 10.6 Å². The summed E-state index contributed by atoms with van der Waals surface area (Å²) >= 11 is 3.44.